The monoisotopic (exact) mass is 215 g/mol. The van der Waals surface area contributed by atoms with Gasteiger partial charge in [0.15, 0.2) is 5.76 Å². The molecule has 0 radical (unpaired) electrons. The third-order valence-corrected chi connectivity index (χ3v) is 2.16. The first-order valence-electron chi connectivity index (χ1n) is 4.35. The lowest BCUT2D eigenvalue weighted by molar-refractivity contribution is -0.152. The fourth-order valence-corrected chi connectivity index (χ4v) is 1.31. The number of carboxylic acids is 1. The Bertz CT molecular complexity index is 331. The van der Waals surface area contributed by atoms with Gasteiger partial charge in [0.1, 0.15) is 6.04 Å². The van der Waals surface area contributed by atoms with Crippen molar-refractivity contribution in [2.45, 2.75) is 24.7 Å². The second kappa shape index (κ2) is 4.01. The maximum Gasteiger partial charge on any atom is 0.320 e. The molecule has 0 saturated carbocycles. The van der Waals surface area contributed by atoms with Gasteiger partial charge in [-0.25, -0.2) is 0 Å². The second-order valence-corrected chi connectivity index (χ2v) is 3.52. The zero-order valence-electron chi connectivity index (χ0n) is 7.92. The van der Waals surface area contributed by atoms with Crippen LogP contribution in [0, 0.1) is 0 Å². The van der Waals surface area contributed by atoms with Crippen molar-refractivity contribution in [2.75, 3.05) is 0 Å². The van der Waals surface area contributed by atoms with Crippen molar-refractivity contribution < 1.29 is 25.2 Å². The second-order valence-electron chi connectivity index (χ2n) is 3.52. The molecule has 0 unspecified atom stereocenters. The van der Waals surface area contributed by atoms with Crippen LogP contribution in [0.5, 0.6) is 0 Å². The van der Waals surface area contributed by atoms with Crippen LogP contribution in [-0.2, 0) is 4.79 Å². The van der Waals surface area contributed by atoms with Gasteiger partial charge in [-0.15, -0.1) is 0 Å². The van der Waals surface area contributed by atoms with Crippen molar-refractivity contribution in [1.29, 1.82) is 0 Å². The summed E-state index contributed by atoms with van der Waals surface area (Å²) in [7, 11) is 0. The average molecular weight is 215 g/mol. The molecular formula is C9H13NO5. The number of allylic oxidation sites excluding steroid dienone is 2. The van der Waals surface area contributed by atoms with Gasteiger partial charge in [0.2, 0.25) is 5.79 Å². The number of nitrogens with two attached hydrogens (primary N) is 1. The fraction of sp³-hybridized carbons (Fsp3) is 0.444. The Kier molecular flexibility index (Phi) is 3.13. The van der Waals surface area contributed by atoms with E-state index in [0.29, 0.717) is 5.57 Å². The van der Waals surface area contributed by atoms with Gasteiger partial charge in [0, 0.05) is 6.42 Å². The van der Waals surface area contributed by atoms with Crippen LogP contribution in [0.15, 0.2) is 23.5 Å². The zero-order valence-corrected chi connectivity index (χ0v) is 7.92. The molecule has 6 N–H and O–H groups in total. The number of hydrogen-bond donors (Lipinski definition) is 5. The van der Waals surface area contributed by atoms with Crippen molar-refractivity contribution in [2.24, 2.45) is 5.73 Å². The van der Waals surface area contributed by atoms with Crippen molar-refractivity contribution in [3.05, 3.63) is 23.5 Å². The molecule has 0 aromatic rings. The van der Waals surface area contributed by atoms with Crippen molar-refractivity contribution in [1.82, 2.24) is 0 Å². The molecule has 1 aliphatic rings. The topological polar surface area (TPSA) is 124 Å². The normalized spacial score (nSPS) is 21.5. The molecule has 0 aromatic carbocycles. The highest BCUT2D eigenvalue weighted by Crippen LogP contribution is 2.27. The van der Waals surface area contributed by atoms with Crippen LogP contribution in [0.25, 0.3) is 0 Å². The first-order chi connectivity index (χ1) is 6.83. The van der Waals surface area contributed by atoms with E-state index in [4.69, 9.17) is 15.9 Å². The van der Waals surface area contributed by atoms with Crippen LogP contribution in [0.2, 0.25) is 0 Å². The lowest BCUT2D eigenvalue weighted by Gasteiger charge is -2.25. The number of aliphatic hydroxyl groups is 3. The SMILES string of the molecule is N[C@@H](CC1=CC=C(O)C(O)(O)C1)C(=O)O. The van der Waals surface area contributed by atoms with Crippen LogP contribution >= 0.6 is 0 Å². The Morgan fingerprint density at radius 3 is 2.60 bits per heavy atom. The molecule has 6 heteroatoms. The maximum atomic E-state index is 10.5. The highest BCUT2D eigenvalue weighted by atomic mass is 16.5. The van der Waals surface area contributed by atoms with Crippen LogP contribution in [0.1, 0.15) is 12.8 Å². The predicted octanol–water partition coefficient (Wildman–Crippen LogP) is -0.759. The van der Waals surface area contributed by atoms with Crippen molar-refractivity contribution in [3.63, 3.8) is 0 Å². The molecule has 0 saturated heterocycles. The van der Waals surface area contributed by atoms with E-state index in [9.17, 15) is 15.0 Å². The Morgan fingerprint density at radius 2 is 2.13 bits per heavy atom. The van der Waals surface area contributed by atoms with Gasteiger partial charge in [-0.2, -0.15) is 0 Å². The zero-order chi connectivity index (χ0) is 11.6. The van der Waals surface area contributed by atoms with Crippen molar-refractivity contribution >= 4 is 5.97 Å². The molecule has 0 amide bonds. The fourth-order valence-electron chi connectivity index (χ4n) is 1.31. The van der Waals surface area contributed by atoms with E-state index in [1.807, 2.05) is 0 Å². The molecule has 0 bridgehead atoms. The largest absolute Gasteiger partial charge is 0.507 e. The molecule has 1 rings (SSSR count). The molecule has 0 aromatic heterocycles. The molecular weight excluding hydrogens is 202 g/mol. The summed E-state index contributed by atoms with van der Waals surface area (Å²) in [6.45, 7) is 0. The van der Waals surface area contributed by atoms with Gasteiger partial charge in [0.25, 0.3) is 0 Å². The molecule has 0 heterocycles. The van der Waals surface area contributed by atoms with Crippen LogP contribution < -0.4 is 5.73 Å². The summed E-state index contributed by atoms with van der Waals surface area (Å²) < 4.78 is 0. The molecule has 15 heavy (non-hydrogen) atoms. The Morgan fingerprint density at radius 1 is 1.53 bits per heavy atom. The van der Waals surface area contributed by atoms with Crippen LogP contribution in [0.4, 0.5) is 0 Å². The number of carbonyl (C=O) groups is 1. The third kappa shape index (κ3) is 2.79. The number of rotatable bonds is 3. The van der Waals surface area contributed by atoms with Gasteiger partial charge in [-0.1, -0.05) is 11.6 Å². The third-order valence-electron chi connectivity index (χ3n) is 2.16. The van der Waals surface area contributed by atoms with Gasteiger partial charge in [-0.05, 0) is 12.5 Å². The minimum atomic E-state index is -2.32. The van der Waals surface area contributed by atoms with E-state index in [1.54, 1.807) is 0 Å². The average Bonchev–Trinajstić information content (AvgIpc) is 2.10. The highest BCUT2D eigenvalue weighted by Gasteiger charge is 2.32. The smallest absolute Gasteiger partial charge is 0.320 e. The van der Waals surface area contributed by atoms with Crippen LogP contribution in [-0.4, -0.2) is 38.2 Å². The first-order valence-corrected chi connectivity index (χ1v) is 4.35. The predicted molar refractivity (Wildman–Crippen MR) is 50.8 cm³/mol. The van der Waals surface area contributed by atoms with Crippen molar-refractivity contribution in [3.8, 4) is 0 Å². The van der Waals surface area contributed by atoms with Gasteiger partial charge >= 0.3 is 5.97 Å². The summed E-state index contributed by atoms with van der Waals surface area (Å²) in [5.41, 5.74) is 5.75. The first kappa shape index (κ1) is 11.7. The summed E-state index contributed by atoms with van der Waals surface area (Å²) in [5, 5.41) is 36.2. The van der Waals surface area contributed by atoms with E-state index in [-0.39, 0.29) is 12.8 Å². The minimum absolute atomic E-state index is 0.0159. The van der Waals surface area contributed by atoms with E-state index < -0.39 is 23.6 Å². The van der Waals surface area contributed by atoms with E-state index >= 15 is 0 Å². The molecule has 6 nitrogen and oxygen atoms in total. The quantitative estimate of drug-likeness (QED) is 0.394. The number of carboxylic acid groups (broad SMARTS) is 1. The Balaban J connectivity index is 2.71. The molecule has 1 aliphatic carbocycles. The molecule has 0 spiro atoms. The highest BCUT2D eigenvalue weighted by molar-refractivity contribution is 5.73. The molecule has 0 fully saturated rings. The Labute approximate surface area is 86.0 Å². The maximum absolute atomic E-state index is 10.5. The lowest BCUT2D eigenvalue weighted by Crippen LogP contribution is -2.36. The Hall–Kier alpha value is -1.37. The summed E-state index contributed by atoms with van der Waals surface area (Å²) in [4.78, 5) is 10.5. The van der Waals surface area contributed by atoms with E-state index in [1.165, 1.54) is 6.08 Å². The molecule has 84 valence electrons. The summed E-state index contributed by atoms with van der Waals surface area (Å²) in [6.07, 6.45) is 2.33. The van der Waals surface area contributed by atoms with E-state index in [2.05, 4.69) is 0 Å². The number of hydrogen-bond acceptors (Lipinski definition) is 5. The number of aliphatic carboxylic acids is 1. The standard InChI is InChI=1S/C9H13NO5/c10-6(8(12)13)3-5-1-2-7(11)9(14,15)4-5/h1-2,6,11,14-15H,3-4,10H2,(H,12,13)/t6-/m0/s1. The molecule has 1 atom stereocenters. The number of aliphatic hydroxyl groups excluding tert-OH is 1. The van der Waals surface area contributed by atoms with E-state index in [0.717, 1.165) is 6.08 Å². The minimum Gasteiger partial charge on any atom is -0.507 e. The van der Waals surface area contributed by atoms with Gasteiger partial charge in [0.05, 0.1) is 0 Å². The summed E-state index contributed by atoms with van der Waals surface area (Å²) >= 11 is 0. The molecule has 0 aliphatic heterocycles. The van der Waals surface area contributed by atoms with Gasteiger partial charge in [-0.3, -0.25) is 4.79 Å². The van der Waals surface area contributed by atoms with Gasteiger partial charge < -0.3 is 26.2 Å². The lowest BCUT2D eigenvalue weighted by atomic mass is 9.93. The summed E-state index contributed by atoms with van der Waals surface area (Å²) in [5.74, 6) is -4.03. The van der Waals surface area contributed by atoms with Crippen LogP contribution in [0.3, 0.4) is 0 Å². The summed E-state index contributed by atoms with van der Waals surface area (Å²) in [6, 6.07) is -1.08.